The van der Waals surface area contributed by atoms with Gasteiger partial charge in [-0.1, -0.05) is 61.0 Å². The average Bonchev–Trinajstić information content (AvgIpc) is 3.04. The lowest BCUT2D eigenvalue weighted by Gasteiger charge is -2.22. The minimum atomic E-state index is -0.310. The predicted octanol–water partition coefficient (Wildman–Crippen LogP) is 5.29. The van der Waals surface area contributed by atoms with E-state index in [1.807, 2.05) is 98.6 Å². The maximum Gasteiger partial charge on any atom is 0.282 e. The Bertz CT molecular complexity index is 1180. The highest BCUT2D eigenvalue weighted by atomic mass is 16.2. The Labute approximate surface area is 183 Å². The fourth-order valence-corrected chi connectivity index (χ4v) is 4.06. The number of para-hydroxylation sites is 1. The second kappa shape index (κ2) is 8.23. The second-order valence-electron chi connectivity index (χ2n) is 7.90. The quantitative estimate of drug-likeness (QED) is 0.537. The topological polar surface area (TPSA) is 40.6 Å². The summed E-state index contributed by atoms with van der Waals surface area (Å²) in [6.07, 6.45) is 0.899. The molecule has 0 saturated carbocycles. The van der Waals surface area contributed by atoms with Crippen molar-refractivity contribution in [2.24, 2.45) is 0 Å². The Morgan fingerprint density at radius 1 is 0.839 bits per heavy atom. The third-order valence-electron chi connectivity index (χ3n) is 5.79. The number of hydrogen-bond donors (Lipinski definition) is 0. The van der Waals surface area contributed by atoms with Crippen LogP contribution in [-0.4, -0.2) is 18.9 Å². The summed E-state index contributed by atoms with van der Waals surface area (Å²) in [5.41, 5.74) is 6.30. The SMILES string of the molecule is CCc1ccc(N2C(=O)C(c3ccc(C)cc3C)=C(N(C)c3ccccc3)C2=O)cc1. The molecule has 31 heavy (non-hydrogen) atoms. The van der Waals surface area contributed by atoms with Gasteiger partial charge in [0.2, 0.25) is 0 Å². The van der Waals surface area contributed by atoms with Gasteiger partial charge in [0.1, 0.15) is 5.70 Å². The summed E-state index contributed by atoms with van der Waals surface area (Å²) in [7, 11) is 1.84. The molecular weight excluding hydrogens is 384 g/mol. The summed E-state index contributed by atoms with van der Waals surface area (Å²) in [4.78, 5) is 30.4. The van der Waals surface area contributed by atoms with Crippen molar-refractivity contribution >= 4 is 28.8 Å². The Morgan fingerprint density at radius 2 is 1.52 bits per heavy atom. The largest absolute Gasteiger partial charge is 0.339 e. The van der Waals surface area contributed by atoms with E-state index in [0.29, 0.717) is 17.0 Å². The van der Waals surface area contributed by atoms with E-state index >= 15 is 0 Å². The van der Waals surface area contributed by atoms with Crippen LogP contribution in [0.1, 0.15) is 29.2 Å². The summed E-state index contributed by atoms with van der Waals surface area (Å²) in [6.45, 7) is 6.07. The molecule has 0 N–H and O–H groups in total. The number of nitrogens with zero attached hydrogens (tertiary/aromatic N) is 2. The number of likely N-dealkylation sites (N-methyl/N-ethyl adjacent to an activating group) is 1. The first-order valence-electron chi connectivity index (χ1n) is 10.5. The monoisotopic (exact) mass is 410 g/mol. The predicted molar refractivity (Wildman–Crippen MR) is 126 cm³/mol. The van der Waals surface area contributed by atoms with Crippen LogP contribution in [0.4, 0.5) is 11.4 Å². The lowest BCUT2D eigenvalue weighted by Crippen LogP contribution is -2.34. The van der Waals surface area contributed by atoms with Gasteiger partial charge in [-0.25, -0.2) is 4.90 Å². The van der Waals surface area contributed by atoms with Crippen molar-refractivity contribution in [2.75, 3.05) is 16.8 Å². The lowest BCUT2D eigenvalue weighted by atomic mass is 9.97. The Morgan fingerprint density at radius 3 is 2.13 bits per heavy atom. The van der Waals surface area contributed by atoms with E-state index in [0.717, 1.165) is 34.4 Å². The number of amides is 2. The van der Waals surface area contributed by atoms with E-state index < -0.39 is 0 Å². The van der Waals surface area contributed by atoms with Crippen molar-refractivity contribution in [3.8, 4) is 0 Å². The zero-order chi connectivity index (χ0) is 22.1. The number of carbonyl (C=O) groups is 2. The van der Waals surface area contributed by atoms with Gasteiger partial charge in [0.15, 0.2) is 0 Å². The van der Waals surface area contributed by atoms with E-state index in [1.54, 1.807) is 0 Å². The first-order chi connectivity index (χ1) is 14.9. The molecule has 4 nitrogen and oxygen atoms in total. The zero-order valence-corrected chi connectivity index (χ0v) is 18.3. The van der Waals surface area contributed by atoms with Crippen molar-refractivity contribution < 1.29 is 9.59 Å². The van der Waals surface area contributed by atoms with Crippen LogP contribution in [0, 0.1) is 13.8 Å². The Hall–Kier alpha value is -3.66. The minimum Gasteiger partial charge on any atom is -0.339 e. The molecule has 0 unspecified atom stereocenters. The molecule has 4 rings (SSSR count). The highest BCUT2D eigenvalue weighted by Crippen LogP contribution is 2.37. The molecule has 1 heterocycles. The minimum absolute atomic E-state index is 0.293. The summed E-state index contributed by atoms with van der Waals surface area (Å²) in [6, 6.07) is 23.2. The molecule has 1 aliphatic rings. The van der Waals surface area contributed by atoms with Crippen molar-refractivity contribution in [1.29, 1.82) is 0 Å². The molecule has 0 atom stereocenters. The third-order valence-corrected chi connectivity index (χ3v) is 5.79. The average molecular weight is 411 g/mol. The molecule has 2 amide bonds. The molecule has 4 heteroatoms. The highest BCUT2D eigenvalue weighted by Gasteiger charge is 2.42. The van der Waals surface area contributed by atoms with Crippen LogP contribution in [0.2, 0.25) is 0 Å². The van der Waals surface area contributed by atoms with Crippen molar-refractivity contribution in [1.82, 2.24) is 0 Å². The molecule has 0 saturated heterocycles. The van der Waals surface area contributed by atoms with Crippen LogP contribution < -0.4 is 9.80 Å². The number of anilines is 2. The number of carbonyl (C=O) groups excluding carboxylic acids is 2. The van der Waals surface area contributed by atoms with Crippen LogP contribution in [0.15, 0.2) is 78.5 Å². The molecule has 0 radical (unpaired) electrons. The highest BCUT2D eigenvalue weighted by molar-refractivity contribution is 6.46. The van der Waals surface area contributed by atoms with E-state index in [2.05, 4.69) is 6.92 Å². The maximum atomic E-state index is 13.7. The van der Waals surface area contributed by atoms with Gasteiger partial charge in [-0.2, -0.15) is 0 Å². The van der Waals surface area contributed by atoms with Crippen molar-refractivity contribution in [3.63, 3.8) is 0 Å². The van der Waals surface area contributed by atoms with E-state index in [1.165, 1.54) is 4.90 Å². The van der Waals surface area contributed by atoms with Gasteiger partial charge in [-0.15, -0.1) is 0 Å². The first-order valence-corrected chi connectivity index (χ1v) is 10.5. The van der Waals surface area contributed by atoms with Gasteiger partial charge in [-0.05, 0) is 61.2 Å². The first kappa shape index (κ1) is 20.6. The summed E-state index contributed by atoms with van der Waals surface area (Å²) in [5, 5.41) is 0. The van der Waals surface area contributed by atoms with E-state index in [9.17, 15) is 9.59 Å². The van der Waals surface area contributed by atoms with Crippen LogP contribution >= 0.6 is 0 Å². The van der Waals surface area contributed by atoms with Gasteiger partial charge in [0.25, 0.3) is 11.8 Å². The number of imide groups is 1. The third kappa shape index (κ3) is 3.66. The molecule has 3 aromatic rings. The summed E-state index contributed by atoms with van der Waals surface area (Å²) >= 11 is 0. The van der Waals surface area contributed by atoms with Crippen molar-refractivity contribution in [2.45, 2.75) is 27.2 Å². The molecule has 0 aliphatic carbocycles. The van der Waals surface area contributed by atoms with Crippen molar-refractivity contribution in [3.05, 3.63) is 101 Å². The van der Waals surface area contributed by atoms with E-state index in [-0.39, 0.29) is 11.8 Å². The number of aryl methyl sites for hydroxylation is 3. The molecule has 0 spiro atoms. The standard InChI is InChI=1S/C27H26N2O2/c1-5-20-12-14-22(15-13-20)29-26(30)24(23-16-11-18(2)17-19(23)3)25(27(29)31)28(4)21-9-7-6-8-10-21/h6-17H,5H2,1-4H3. The molecule has 0 bridgehead atoms. The maximum absolute atomic E-state index is 13.7. The fraction of sp³-hybridized carbons (Fsp3) is 0.185. The van der Waals surface area contributed by atoms with Crippen LogP contribution in [0.5, 0.6) is 0 Å². The Balaban J connectivity index is 1.88. The Kier molecular flexibility index (Phi) is 5.47. The molecule has 156 valence electrons. The molecular formula is C27H26N2O2. The van der Waals surface area contributed by atoms with Gasteiger partial charge >= 0.3 is 0 Å². The number of hydrogen-bond acceptors (Lipinski definition) is 3. The van der Waals surface area contributed by atoms with Gasteiger partial charge in [0, 0.05) is 12.7 Å². The molecule has 1 aliphatic heterocycles. The molecule has 0 fully saturated rings. The number of benzene rings is 3. The molecule has 3 aromatic carbocycles. The summed E-state index contributed by atoms with van der Waals surface area (Å²) < 4.78 is 0. The smallest absolute Gasteiger partial charge is 0.282 e. The second-order valence-corrected chi connectivity index (χ2v) is 7.90. The summed E-state index contributed by atoms with van der Waals surface area (Å²) in [5.74, 6) is -0.602. The molecule has 0 aromatic heterocycles. The lowest BCUT2D eigenvalue weighted by molar-refractivity contribution is -0.120. The van der Waals surface area contributed by atoms with Crippen LogP contribution in [-0.2, 0) is 16.0 Å². The van der Waals surface area contributed by atoms with Crippen LogP contribution in [0.3, 0.4) is 0 Å². The number of rotatable bonds is 5. The van der Waals surface area contributed by atoms with Gasteiger partial charge in [-0.3, -0.25) is 9.59 Å². The van der Waals surface area contributed by atoms with E-state index in [4.69, 9.17) is 0 Å². The fourth-order valence-electron chi connectivity index (χ4n) is 4.06. The normalized spacial score (nSPS) is 13.9. The van der Waals surface area contributed by atoms with Crippen LogP contribution in [0.25, 0.3) is 5.57 Å². The van der Waals surface area contributed by atoms with Gasteiger partial charge < -0.3 is 4.90 Å². The van der Waals surface area contributed by atoms with Gasteiger partial charge in [0.05, 0.1) is 11.3 Å². The zero-order valence-electron chi connectivity index (χ0n) is 18.3.